The van der Waals surface area contributed by atoms with Crippen LogP contribution in [0.4, 0.5) is 5.69 Å². The molecule has 0 aliphatic heterocycles. The molecule has 21 heavy (non-hydrogen) atoms. The number of methoxy groups -OCH3 is 1. The number of hydrogen-bond acceptors (Lipinski definition) is 2. The Kier molecular flexibility index (Phi) is 5.48. The van der Waals surface area contributed by atoms with Gasteiger partial charge in [0.1, 0.15) is 0 Å². The van der Waals surface area contributed by atoms with E-state index >= 15 is 0 Å². The van der Waals surface area contributed by atoms with Gasteiger partial charge in [0.25, 0.3) is 0 Å². The maximum Gasteiger partial charge on any atom is 0.0744 e. The zero-order valence-corrected chi connectivity index (χ0v) is 14.8. The van der Waals surface area contributed by atoms with Crippen LogP contribution in [0.3, 0.4) is 0 Å². The Bertz CT molecular complexity index is 619. The lowest BCUT2D eigenvalue weighted by molar-refractivity contribution is 0.185. The number of nitrogens with zero attached hydrogens (tertiary/aromatic N) is 1. The minimum absolute atomic E-state index is 0.595. The minimum atomic E-state index is 0.595. The number of nitrogens with one attached hydrogen (secondary N) is 1. The van der Waals surface area contributed by atoms with Crippen LogP contribution < -0.4 is 5.32 Å². The normalized spacial score (nSPS) is 10.9. The molecule has 0 fully saturated rings. The third-order valence-electron chi connectivity index (χ3n) is 3.87. The van der Waals surface area contributed by atoms with E-state index in [1.807, 2.05) is 12.1 Å². The van der Waals surface area contributed by atoms with Gasteiger partial charge >= 0.3 is 0 Å². The average molecular weight is 351 g/mol. The number of benzene rings is 1. The lowest BCUT2D eigenvalue weighted by atomic mass is 10.1. The lowest BCUT2D eigenvalue weighted by Crippen LogP contribution is -2.05. The van der Waals surface area contributed by atoms with Crippen molar-refractivity contribution >= 4 is 21.6 Å². The summed E-state index contributed by atoms with van der Waals surface area (Å²) in [5, 5.41) is 3.54. The molecule has 0 aliphatic carbocycles. The third-order valence-corrected chi connectivity index (χ3v) is 4.61. The Balaban J connectivity index is 2.19. The summed E-state index contributed by atoms with van der Waals surface area (Å²) in [5.41, 5.74) is 6.28. The summed E-state index contributed by atoms with van der Waals surface area (Å²) in [6.45, 7) is 8.97. The van der Waals surface area contributed by atoms with Crippen molar-refractivity contribution in [1.82, 2.24) is 4.57 Å². The molecule has 1 N–H and O–H groups in total. The summed E-state index contributed by atoms with van der Waals surface area (Å²) in [6.07, 6.45) is 0. The van der Waals surface area contributed by atoms with Gasteiger partial charge in [-0.3, -0.25) is 0 Å². The van der Waals surface area contributed by atoms with Gasteiger partial charge in [-0.05, 0) is 44.5 Å². The molecule has 0 saturated heterocycles. The highest BCUT2D eigenvalue weighted by Crippen LogP contribution is 2.26. The van der Waals surface area contributed by atoms with Crippen LogP contribution in [0, 0.1) is 13.8 Å². The van der Waals surface area contributed by atoms with Crippen LogP contribution in [0.1, 0.15) is 29.4 Å². The van der Waals surface area contributed by atoms with Crippen LogP contribution in [0.25, 0.3) is 0 Å². The molecule has 0 radical (unpaired) electrons. The van der Waals surface area contributed by atoms with Gasteiger partial charge in [0.15, 0.2) is 0 Å². The lowest BCUT2D eigenvalue weighted by Gasteiger charge is -2.13. The van der Waals surface area contributed by atoms with Crippen molar-refractivity contribution in [2.24, 2.45) is 0 Å². The molecular formula is C17H23BrN2O. The van der Waals surface area contributed by atoms with Crippen molar-refractivity contribution in [2.75, 3.05) is 12.4 Å². The van der Waals surface area contributed by atoms with Gasteiger partial charge in [-0.1, -0.05) is 22.0 Å². The average Bonchev–Trinajstić information content (AvgIpc) is 2.73. The molecule has 4 heteroatoms. The number of halogens is 1. The van der Waals surface area contributed by atoms with E-state index in [0.29, 0.717) is 6.61 Å². The van der Waals surface area contributed by atoms with E-state index in [4.69, 9.17) is 4.74 Å². The van der Waals surface area contributed by atoms with E-state index in [1.54, 1.807) is 7.11 Å². The van der Waals surface area contributed by atoms with Crippen LogP contribution in [0.5, 0.6) is 0 Å². The second kappa shape index (κ2) is 7.14. The van der Waals surface area contributed by atoms with Gasteiger partial charge in [-0.25, -0.2) is 0 Å². The Hall–Kier alpha value is -1.26. The first-order chi connectivity index (χ1) is 10.1. The molecule has 0 amide bonds. The largest absolute Gasteiger partial charge is 0.381 e. The summed E-state index contributed by atoms with van der Waals surface area (Å²) in [7, 11) is 1.72. The highest BCUT2D eigenvalue weighted by atomic mass is 79.9. The maximum absolute atomic E-state index is 5.29. The molecule has 0 saturated carbocycles. The quantitative estimate of drug-likeness (QED) is 0.820. The fourth-order valence-electron chi connectivity index (χ4n) is 2.74. The number of rotatable bonds is 6. The Morgan fingerprint density at radius 1 is 1.29 bits per heavy atom. The number of aromatic nitrogens is 1. The van der Waals surface area contributed by atoms with Crippen molar-refractivity contribution in [2.45, 2.75) is 40.5 Å². The molecule has 0 bridgehead atoms. The minimum Gasteiger partial charge on any atom is -0.381 e. The Morgan fingerprint density at radius 3 is 2.67 bits per heavy atom. The third kappa shape index (κ3) is 3.50. The molecule has 1 aromatic carbocycles. The van der Waals surface area contributed by atoms with Crippen molar-refractivity contribution in [3.63, 3.8) is 0 Å². The molecule has 1 heterocycles. The van der Waals surface area contributed by atoms with Crippen LogP contribution in [0.15, 0.2) is 28.7 Å². The zero-order valence-electron chi connectivity index (χ0n) is 13.2. The summed E-state index contributed by atoms with van der Waals surface area (Å²) in [4.78, 5) is 0. The second-order valence-corrected chi connectivity index (χ2v) is 6.05. The van der Waals surface area contributed by atoms with Crippen LogP contribution in [0.2, 0.25) is 0 Å². The Morgan fingerprint density at radius 2 is 2.05 bits per heavy atom. The first-order valence-corrected chi connectivity index (χ1v) is 8.03. The summed E-state index contributed by atoms with van der Waals surface area (Å²) in [5.74, 6) is 0. The molecule has 1 aromatic heterocycles. The topological polar surface area (TPSA) is 26.2 Å². The van der Waals surface area contributed by atoms with Crippen LogP contribution in [-0.2, 0) is 24.4 Å². The summed E-state index contributed by atoms with van der Waals surface area (Å²) in [6, 6.07) is 8.45. The highest BCUT2D eigenvalue weighted by molar-refractivity contribution is 9.10. The molecule has 2 aromatic rings. The standard InChI is InChI=1S/C17H23BrN2O/c1-5-20-12(2)9-14(13(20)3)10-19-17-8-6-7-16(18)15(17)11-21-4/h6-9,19H,5,10-11H2,1-4H3. The predicted molar refractivity (Wildman–Crippen MR) is 91.8 cm³/mol. The fraction of sp³-hybridized carbons (Fsp3) is 0.412. The van der Waals surface area contributed by atoms with Gasteiger partial charge in [0, 0.05) is 47.3 Å². The van der Waals surface area contributed by atoms with E-state index in [1.165, 1.54) is 17.0 Å². The number of ether oxygens (including phenoxy) is 1. The van der Waals surface area contributed by atoms with Crippen molar-refractivity contribution < 1.29 is 4.74 Å². The van der Waals surface area contributed by atoms with E-state index in [-0.39, 0.29) is 0 Å². The second-order valence-electron chi connectivity index (χ2n) is 5.19. The van der Waals surface area contributed by atoms with Gasteiger partial charge in [-0.15, -0.1) is 0 Å². The number of hydrogen-bond donors (Lipinski definition) is 1. The van der Waals surface area contributed by atoms with E-state index in [0.717, 1.165) is 28.8 Å². The molecule has 0 atom stereocenters. The molecule has 3 nitrogen and oxygen atoms in total. The van der Waals surface area contributed by atoms with Crippen LogP contribution in [-0.4, -0.2) is 11.7 Å². The van der Waals surface area contributed by atoms with Gasteiger partial charge in [0.05, 0.1) is 6.61 Å². The fourth-order valence-corrected chi connectivity index (χ4v) is 3.22. The molecular weight excluding hydrogens is 328 g/mol. The SMILES string of the molecule is CCn1c(C)cc(CNc2cccc(Br)c2COC)c1C. The molecule has 0 spiro atoms. The van der Waals surface area contributed by atoms with E-state index in [9.17, 15) is 0 Å². The zero-order chi connectivity index (χ0) is 15.4. The molecule has 2 rings (SSSR count). The predicted octanol–water partition coefficient (Wildman–Crippen LogP) is 4.65. The van der Waals surface area contributed by atoms with Gasteiger partial charge in [-0.2, -0.15) is 0 Å². The number of aryl methyl sites for hydroxylation is 1. The first-order valence-electron chi connectivity index (χ1n) is 7.24. The maximum atomic E-state index is 5.29. The molecule has 0 unspecified atom stereocenters. The highest BCUT2D eigenvalue weighted by Gasteiger charge is 2.10. The first kappa shape index (κ1) is 16.1. The Labute approximate surface area is 135 Å². The van der Waals surface area contributed by atoms with Gasteiger partial charge in [0.2, 0.25) is 0 Å². The van der Waals surface area contributed by atoms with Crippen molar-refractivity contribution in [1.29, 1.82) is 0 Å². The monoisotopic (exact) mass is 350 g/mol. The van der Waals surface area contributed by atoms with E-state index in [2.05, 4.69) is 58.7 Å². The number of anilines is 1. The molecule has 114 valence electrons. The summed E-state index contributed by atoms with van der Waals surface area (Å²) >= 11 is 3.59. The smallest absolute Gasteiger partial charge is 0.0744 e. The van der Waals surface area contributed by atoms with Crippen molar-refractivity contribution in [3.05, 3.63) is 51.3 Å². The summed E-state index contributed by atoms with van der Waals surface area (Å²) < 4.78 is 8.71. The van der Waals surface area contributed by atoms with Gasteiger partial charge < -0.3 is 14.6 Å². The van der Waals surface area contributed by atoms with Crippen molar-refractivity contribution in [3.8, 4) is 0 Å². The van der Waals surface area contributed by atoms with E-state index < -0.39 is 0 Å². The van der Waals surface area contributed by atoms with Crippen LogP contribution >= 0.6 is 15.9 Å². The molecule has 0 aliphatic rings.